The van der Waals surface area contributed by atoms with Gasteiger partial charge in [-0.05, 0) is 117 Å². The van der Waals surface area contributed by atoms with Gasteiger partial charge in [0, 0.05) is 0 Å². The molecular weight excluding hydrogens is 813 g/mol. The first-order chi connectivity index (χ1) is 26.7. The van der Waals surface area contributed by atoms with Crippen molar-refractivity contribution in [1.29, 1.82) is 0 Å². The number of anilines is 2. The molecule has 4 aromatic carbocycles. The van der Waals surface area contributed by atoms with Crippen molar-refractivity contribution in [2.24, 2.45) is 0 Å². The average Bonchev–Trinajstić information content (AvgIpc) is 3.15. The fourth-order valence-electron chi connectivity index (χ4n) is 6.91. The second-order valence-corrected chi connectivity index (χ2v) is 24.2. The molecular formula is C43H62N2O11S2Si. The Bertz CT molecular complexity index is 2270. The van der Waals surface area contributed by atoms with E-state index in [9.17, 15) is 21.9 Å². The Morgan fingerprint density at radius 1 is 0.695 bits per heavy atom. The maximum Gasteiger partial charge on any atom is 0.265 e. The van der Waals surface area contributed by atoms with Crippen LogP contribution in [0, 0.1) is 27.7 Å². The summed E-state index contributed by atoms with van der Waals surface area (Å²) < 4.78 is 86.5. The van der Waals surface area contributed by atoms with Crippen molar-refractivity contribution in [3.63, 3.8) is 0 Å². The van der Waals surface area contributed by atoms with Gasteiger partial charge in [-0.15, -0.1) is 0 Å². The van der Waals surface area contributed by atoms with Gasteiger partial charge >= 0.3 is 0 Å². The van der Waals surface area contributed by atoms with Gasteiger partial charge in [-0.1, -0.05) is 52.5 Å². The molecule has 2 heterocycles. The third kappa shape index (κ3) is 9.84. The van der Waals surface area contributed by atoms with E-state index in [1.807, 2.05) is 12.1 Å². The first-order valence-corrected chi connectivity index (χ1v) is 24.6. The van der Waals surface area contributed by atoms with E-state index in [0.717, 1.165) is 0 Å². The average molecular weight is 875 g/mol. The van der Waals surface area contributed by atoms with Crippen LogP contribution in [0.5, 0.6) is 23.0 Å². The number of ether oxygens (including phenoxy) is 4. The molecule has 2 aliphatic rings. The van der Waals surface area contributed by atoms with E-state index in [-0.39, 0.29) is 49.3 Å². The van der Waals surface area contributed by atoms with Crippen LogP contribution in [-0.2, 0) is 24.5 Å². The molecule has 0 spiro atoms. The lowest BCUT2D eigenvalue weighted by Crippen LogP contribution is -2.52. The van der Waals surface area contributed by atoms with E-state index in [1.54, 1.807) is 103 Å². The van der Waals surface area contributed by atoms with Crippen molar-refractivity contribution in [3.8, 4) is 23.0 Å². The zero-order chi connectivity index (χ0) is 42.1. The van der Waals surface area contributed by atoms with E-state index in [2.05, 4.69) is 33.9 Å². The van der Waals surface area contributed by atoms with Crippen molar-refractivity contribution in [2.75, 3.05) is 49.3 Å². The topological polar surface area (TPSA) is 173 Å². The normalized spacial score (nSPS) is 16.4. The minimum atomic E-state index is -3.89. The predicted molar refractivity (Wildman–Crippen MR) is 236 cm³/mol. The van der Waals surface area contributed by atoms with Crippen molar-refractivity contribution in [1.82, 2.24) is 0 Å². The molecule has 2 atom stereocenters. The second-order valence-electron chi connectivity index (χ2n) is 15.9. The van der Waals surface area contributed by atoms with Crippen LogP contribution < -0.4 is 27.6 Å². The van der Waals surface area contributed by atoms with Crippen molar-refractivity contribution in [2.45, 2.75) is 95.9 Å². The van der Waals surface area contributed by atoms with Crippen LogP contribution in [0.1, 0.15) is 50.5 Å². The van der Waals surface area contributed by atoms with Crippen molar-refractivity contribution < 1.29 is 50.8 Å². The number of fused-ring (bicyclic) bond motifs is 2. The van der Waals surface area contributed by atoms with Crippen LogP contribution in [0.2, 0.25) is 18.1 Å². The number of sulfonamides is 2. The van der Waals surface area contributed by atoms with E-state index >= 15 is 0 Å². The molecule has 16 heteroatoms. The summed E-state index contributed by atoms with van der Waals surface area (Å²) in [6.07, 6.45) is 0. The fourth-order valence-corrected chi connectivity index (χ4v) is 12.1. The SMILES string of the molecule is C.COc1cc(C)c(S(=O)(=O)N2c3ccccc3OCC2CO)c(C)c1.COc1cc(C)c(S(=O)(=O)N2c3ccccc3OCC2CO[Si](C)(C)C(C)(C)C)c(C)c1.O. The monoisotopic (exact) mass is 874 g/mol. The number of hydrogen-bond donors (Lipinski definition) is 1. The molecule has 59 heavy (non-hydrogen) atoms. The number of aryl methyl sites for hydroxylation is 4. The first-order valence-electron chi connectivity index (χ1n) is 18.8. The molecule has 0 saturated carbocycles. The van der Waals surface area contributed by atoms with Gasteiger partial charge in [-0.2, -0.15) is 0 Å². The van der Waals surface area contributed by atoms with Gasteiger partial charge in [0.25, 0.3) is 20.0 Å². The Hall–Kier alpha value is -4.32. The quantitative estimate of drug-likeness (QED) is 0.159. The number of benzene rings is 4. The third-order valence-electron chi connectivity index (χ3n) is 10.8. The first kappa shape index (κ1) is 49.0. The molecule has 0 aliphatic carbocycles. The molecule has 0 saturated heterocycles. The van der Waals surface area contributed by atoms with Crippen LogP contribution in [0.4, 0.5) is 11.4 Å². The Labute approximate surface area is 352 Å². The molecule has 3 N–H and O–H groups in total. The third-order valence-corrected chi connectivity index (χ3v) is 19.6. The standard InChI is InChI=1S/C24H35NO5SSi.C18H21NO5S.CH4.H2O/c1-17-13-20(28-6)14-18(2)23(17)31(26,27)25-19(16-30-32(7,8)24(3,4)5)15-29-22-12-10-9-11-21(22)25;1-12-8-15(23-3)9-13(2)18(12)25(21,22)19-14(10-20)11-24-17-7-5-4-6-16(17)19;;/h9-14,19H,15-16H2,1-8H3;4-9,14,20H,10-11H2,1-3H3;1H4;1H2. The van der Waals surface area contributed by atoms with Gasteiger partial charge in [-0.25, -0.2) is 16.8 Å². The maximum atomic E-state index is 14.1. The van der Waals surface area contributed by atoms with E-state index < -0.39 is 40.4 Å². The summed E-state index contributed by atoms with van der Waals surface area (Å²) in [6, 6.07) is 20.0. The summed E-state index contributed by atoms with van der Waals surface area (Å²) in [4.78, 5) is 0.524. The number of nitrogens with zero attached hydrogens (tertiary/aromatic N) is 2. The van der Waals surface area contributed by atoms with Crippen molar-refractivity contribution >= 4 is 39.7 Å². The molecule has 0 bridgehead atoms. The Morgan fingerprint density at radius 3 is 1.41 bits per heavy atom. The molecule has 2 unspecified atom stereocenters. The second kappa shape index (κ2) is 18.9. The van der Waals surface area contributed by atoms with Gasteiger partial charge in [0.2, 0.25) is 0 Å². The van der Waals surface area contributed by atoms with Gasteiger partial charge in [0.15, 0.2) is 8.32 Å². The predicted octanol–water partition coefficient (Wildman–Crippen LogP) is 7.36. The van der Waals surface area contributed by atoms with Gasteiger partial charge in [-0.3, -0.25) is 8.61 Å². The molecule has 6 rings (SSSR count). The molecule has 326 valence electrons. The molecule has 4 aromatic rings. The molecule has 0 aromatic heterocycles. The minimum Gasteiger partial charge on any atom is -0.497 e. The van der Waals surface area contributed by atoms with E-state index in [0.29, 0.717) is 61.5 Å². The molecule has 0 radical (unpaired) electrons. The highest BCUT2D eigenvalue weighted by atomic mass is 32.2. The van der Waals surface area contributed by atoms with Gasteiger partial charge in [0.1, 0.15) is 48.3 Å². The Kier molecular flexibility index (Phi) is 15.7. The van der Waals surface area contributed by atoms with Crippen LogP contribution in [0.3, 0.4) is 0 Å². The van der Waals surface area contributed by atoms with Crippen molar-refractivity contribution in [3.05, 3.63) is 95.1 Å². The summed E-state index contributed by atoms with van der Waals surface area (Å²) in [7, 11) is -6.72. The van der Waals surface area contributed by atoms with Crippen LogP contribution in [0.25, 0.3) is 0 Å². The highest BCUT2D eigenvalue weighted by Crippen LogP contribution is 2.42. The summed E-state index contributed by atoms with van der Waals surface area (Å²) in [5.41, 5.74) is 3.46. The zero-order valence-corrected chi connectivity index (χ0v) is 37.9. The van der Waals surface area contributed by atoms with Gasteiger partial charge < -0.3 is 34.0 Å². The lowest BCUT2D eigenvalue weighted by atomic mass is 10.1. The number of para-hydroxylation sites is 4. The van der Waals surface area contributed by atoms with E-state index in [1.165, 1.54) is 8.61 Å². The largest absolute Gasteiger partial charge is 0.497 e. The number of rotatable bonds is 10. The molecule has 0 amide bonds. The molecule has 2 aliphatic heterocycles. The number of aliphatic hydroxyl groups is 1. The lowest BCUT2D eigenvalue weighted by molar-refractivity contribution is 0.197. The lowest BCUT2D eigenvalue weighted by Gasteiger charge is -2.41. The smallest absolute Gasteiger partial charge is 0.265 e. The number of methoxy groups -OCH3 is 2. The van der Waals surface area contributed by atoms with Crippen LogP contribution in [-0.4, -0.2) is 88.5 Å². The van der Waals surface area contributed by atoms with Crippen LogP contribution in [0.15, 0.2) is 82.6 Å². The summed E-state index contributed by atoms with van der Waals surface area (Å²) >= 11 is 0. The Morgan fingerprint density at radius 2 is 1.05 bits per heavy atom. The highest BCUT2D eigenvalue weighted by molar-refractivity contribution is 7.93. The molecule has 0 fully saturated rings. The summed E-state index contributed by atoms with van der Waals surface area (Å²) in [6.45, 7) is 18.2. The van der Waals surface area contributed by atoms with E-state index in [4.69, 9.17) is 23.4 Å². The minimum absolute atomic E-state index is 0. The summed E-state index contributed by atoms with van der Waals surface area (Å²) in [5.74, 6) is 2.29. The maximum absolute atomic E-state index is 14.1. The molecule has 13 nitrogen and oxygen atoms in total. The van der Waals surface area contributed by atoms with Gasteiger partial charge in [0.05, 0.1) is 48.6 Å². The zero-order valence-electron chi connectivity index (χ0n) is 35.2. The highest BCUT2D eigenvalue weighted by Gasteiger charge is 2.43. The Balaban J connectivity index is 0.000000313. The number of hydrogen-bond acceptors (Lipinski definition) is 10. The number of aliphatic hydroxyl groups excluding tert-OH is 1. The van der Waals surface area contributed by atoms with Crippen LogP contribution >= 0.6 is 0 Å². The fraction of sp³-hybridized carbons (Fsp3) is 0.442. The summed E-state index contributed by atoms with van der Waals surface area (Å²) in [5, 5.41) is 9.73.